The molecule has 1 aliphatic rings. The third-order valence-corrected chi connectivity index (χ3v) is 7.56. The maximum Gasteiger partial charge on any atom is 0.186 e. The molecule has 3 heterocycles. The van der Waals surface area contributed by atoms with E-state index in [1.165, 1.54) is 17.4 Å². The van der Waals surface area contributed by atoms with Gasteiger partial charge in [-0.25, -0.2) is 14.4 Å². The Labute approximate surface area is 172 Å². The van der Waals surface area contributed by atoms with E-state index in [4.69, 9.17) is 28.2 Å². The molecule has 5 rings (SSSR count). The van der Waals surface area contributed by atoms with Gasteiger partial charge in [-0.15, -0.1) is 0 Å². The van der Waals surface area contributed by atoms with Crippen LogP contribution in [0.5, 0.6) is 0 Å². The van der Waals surface area contributed by atoms with Gasteiger partial charge in [-0.05, 0) is 30.3 Å². The predicted molar refractivity (Wildman–Crippen MR) is 114 cm³/mol. The molecular weight excluding hydrogens is 426 g/mol. The second-order valence-electron chi connectivity index (χ2n) is 6.29. The standard InChI is InChI=1S/C18H13Cl2FN4S2/c19-11-2-3-12(20)16-15(11)23-18(27-16)25-7-5-24(6-8-25)17-22-13-4-1-10(21)9-14(13)26-17/h1-4,9H,5-8H2. The average Bonchev–Trinajstić information content (AvgIpc) is 3.30. The minimum atomic E-state index is -0.226. The average molecular weight is 439 g/mol. The molecular formula is C18H13Cl2FN4S2. The SMILES string of the molecule is Fc1ccc2nc(N3CCN(c4nc5c(Cl)ccc(Cl)c5s4)CC3)sc2c1. The zero-order valence-corrected chi connectivity index (χ0v) is 17.1. The molecule has 0 unspecified atom stereocenters. The quantitative estimate of drug-likeness (QED) is 0.402. The van der Waals surface area contributed by atoms with Gasteiger partial charge in [0.05, 0.1) is 25.0 Å². The Bertz CT molecular complexity index is 1110. The van der Waals surface area contributed by atoms with E-state index in [0.29, 0.717) is 10.0 Å². The van der Waals surface area contributed by atoms with E-state index in [2.05, 4.69) is 14.8 Å². The summed E-state index contributed by atoms with van der Waals surface area (Å²) in [6.07, 6.45) is 0. The first kappa shape index (κ1) is 17.4. The van der Waals surface area contributed by atoms with Crippen molar-refractivity contribution in [2.45, 2.75) is 0 Å². The van der Waals surface area contributed by atoms with Gasteiger partial charge in [-0.2, -0.15) is 0 Å². The Morgan fingerprint density at radius 1 is 0.852 bits per heavy atom. The first-order valence-corrected chi connectivity index (χ1v) is 10.8. The molecule has 0 aliphatic carbocycles. The van der Waals surface area contributed by atoms with Gasteiger partial charge in [0.1, 0.15) is 11.3 Å². The van der Waals surface area contributed by atoms with Crippen molar-refractivity contribution in [3.8, 4) is 0 Å². The number of nitrogens with zero attached hydrogens (tertiary/aromatic N) is 4. The first-order chi connectivity index (χ1) is 13.1. The molecule has 2 aromatic carbocycles. The number of thiazole rings is 2. The third-order valence-electron chi connectivity index (χ3n) is 4.59. The van der Waals surface area contributed by atoms with Crippen LogP contribution < -0.4 is 9.80 Å². The summed E-state index contributed by atoms with van der Waals surface area (Å²) in [7, 11) is 0. The lowest BCUT2D eigenvalue weighted by Crippen LogP contribution is -2.46. The molecule has 4 nitrogen and oxygen atoms in total. The van der Waals surface area contributed by atoms with E-state index in [1.807, 2.05) is 6.07 Å². The van der Waals surface area contributed by atoms with E-state index >= 15 is 0 Å². The van der Waals surface area contributed by atoms with Crippen LogP contribution in [0.1, 0.15) is 0 Å². The highest BCUT2D eigenvalue weighted by Crippen LogP contribution is 2.38. The smallest absolute Gasteiger partial charge is 0.186 e. The molecule has 0 saturated carbocycles. The molecule has 1 fully saturated rings. The van der Waals surface area contributed by atoms with Crippen molar-refractivity contribution in [1.82, 2.24) is 9.97 Å². The largest absolute Gasteiger partial charge is 0.345 e. The van der Waals surface area contributed by atoms with Crippen LogP contribution >= 0.6 is 45.9 Å². The van der Waals surface area contributed by atoms with Crippen molar-refractivity contribution in [1.29, 1.82) is 0 Å². The lowest BCUT2D eigenvalue weighted by molar-refractivity contribution is 0.630. The van der Waals surface area contributed by atoms with Crippen LogP contribution in [0.4, 0.5) is 14.7 Å². The highest BCUT2D eigenvalue weighted by Gasteiger charge is 2.23. The van der Waals surface area contributed by atoms with Gasteiger partial charge < -0.3 is 9.80 Å². The summed E-state index contributed by atoms with van der Waals surface area (Å²) in [4.78, 5) is 13.8. The molecule has 0 bridgehead atoms. The topological polar surface area (TPSA) is 32.3 Å². The molecule has 2 aromatic heterocycles. The molecule has 1 aliphatic heterocycles. The summed E-state index contributed by atoms with van der Waals surface area (Å²) in [5.41, 5.74) is 1.61. The van der Waals surface area contributed by atoms with Gasteiger partial charge >= 0.3 is 0 Å². The number of hydrogen-bond donors (Lipinski definition) is 0. The maximum absolute atomic E-state index is 13.4. The summed E-state index contributed by atoms with van der Waals surface area (Å²) < 4.78 is 15.2. The zero-order chi connectivity index (χ0) is 18.5. The minimum Gasteiger partial charge on any atom is -0.345 e. The van der Waals surface area contributed by atoms with Gasteiger partial charge in [-0.1, -0.05) is 45.9 Å². The van der Waals surface area contributed by atoms with Gasteiger partial charge in [0, 0.05) is 26.2 Å². The van der Waals surface area contributed by atoms with Gasteiger partial charge in [0.2, 0.25) is 0 Å². The first-order valence-electron chi connectivity index (χ1n) is 8.39. The Morgan fingerprint density at radius 3 is 2.22 bits per heavy atom. The molecule has 0 radical (unpaired) electrons. The molecule has 0 spiro atoms. The van der Waals surface area contributed by atoms with Gasteiger partial charge in [-0.3, -0.25) is 0 Å². The van der Waals surface area contributed by atoms with E-state index < -0.39 is 0 Å². The Balaban J connectivity index is 1.36. The Hall–Kier alpha value is -1.67. The van der Waals surface area contributed by atoms with E-state index in [1.54, 1.807) is 29.5 Å². The zero-order valence-electron chi connectivity index (χ0n) is 14.0. The molecule has 4 aromatic rings. The fourth-order valence-electron chi connectivity index (χ4n) is 3.18. The van der Waals surface area contributed by atoms with Crippen LogP contribution in [0, 0.1) is 5.82 Å². The van der Waals surface area contributed by atoms with Gasteiger partial charge in [0.15, 0.2) is 10.3 Å². The van der Waals surface area contributed by atoms with Crippen LogP contribution in [0.2, 0.25) is 10.0 Å². The van der Waals surface area contributed by atoms with Crippen molar-refractivity contribution < 1.29 is 4.39 Å². The minimum absolute atomic E-state index is 0.226. The van der Waals surface area contributed by atoms with Crippen molar-refractivity contribution in [2.24, 2.45) is 0 Å². The van der Waals surface area contributed by atoms with Crippen LogP contribution in [0.3, 0.4) is 0 Å². The second kappa shape index (κ2) is 6.74. The predicted octanol–water partition coefficient (Wildman–Crippen LogP) is 5.68. The lowest BCUT2D eigenvalue weighted by atomic mass is 10.3. The third kappa shape index (κ3) is 3.12. The molecule has 1 saturated heterocycles. The van der Waals surface area contributed by atoms with Crippen molar-refractivity contribution in [3.63, 3.8) is 0 Å². The van der Waals surface area contributed by atoms with E-state index in [9.17, 15) is 4.39 Å². The maximum atomic E-state index is 13.4. The second-order valence-corrected chi connectivity index (χ2v) is 9.09. The highest BCUT2D eigenvalue weighted by atomic mass is 35.5. The molecule has 0 atom stereocenters. The number of anilines is 2. The Kier molecular flexibility index (Phi) is 4.35. The van der Waals surface area contributed by atoms with Crippen LogP contribution in [-0.2, 0) is 0 Å². The molecule has 138 valence electrons. The number of hydrogen-bond acceptors (Lipinski definition) is 6. The van der Waals surface area contributed by atoms with Crippen molar-refractivity contribution >= 4 is 76.6 Å². The number of fused-ring (bicyclic) bond motifs is 2. The fourth-order valence-corrected chi connectivity index (χ4v) is 5.79. The summed E-state index contributed by atoms with van der Waals surface area (Å²) in [5, 5.41) is 3.17. The van der Waals surface area contributed by atoms with Crippen LogP contribution in [0.15, 0.2) is 30.3 Å². The Morgan fingerprint density at radius 2 is 1.52 bits per heavy atom. The number of piperazine rings is 1. The summed E-state index contributed by atoms with van der Waals surface area (Å²) in [6, 6.07) is 8.32. The summed E-state index contributed by atoms with van der Waals surface area (Å²) in [5.74, 6) is -0.226. The number of benzene rings is 2. The number of aromatic nitrogens is 2. The van der Waals surface area contributed by atoms with Crippen LogP contribution in [-0.4, -0.2) is 36.1 Å². The fraction of sp³-hybridized carbons (Fsp3) is 0.222. The highest BCUT2D eigenvalue weighted by molar-refractivity contribution is 7.23. The summed E-state index contributed by atoms with van der Waals surface area (Å²) >= 11 is 15.6. The molecule has 0 amide bonds. The van der Waals surface area contributed by atoms with E-state index in [-0.39, 0.29) is 5.82 Å². The molecule has 27 heavy (non-hydrogen) atoms. The van der Waals surface area contributed by atoms with Gasteiger partial charge in [0.25, 0.3) is 0 Å². The monoisotopic (exact) mass is 438 g/mol. The lowest BCUT2D eigenvalue weighted by Gasteiger charge is -2.34. The number of halogens is 3. The molecule has 0 N–H and O–H groups in total. The number of rotatable bonds is 2. The molecule has 9 heteroatoms. The van der Waals surface area contributed by atoms with E-state index in [0.717, 1.165) is 56.9 Å². The van der Waals surface area contributed by atoms with Crippen LogP contribution in [0.25, 0.3) is 20.4 Å². The summed E-state index contributed by atoms with van der Waals surface area (Å²) in [6.45, 7) is 3.33. The van der Waals surface area contributed by atoms with Crippen molar-refractivity contribution in [3.05, 3.63) is 46.2 Å². The normalized spacial score (nSPS) is 15.2. The van der Waals surface area contributed by atoms with Crippen molar-refractivity contribution in [2.75, 3.05) is 36.0 Å².